The standard InChI is InChI=1S/C26H14ClO2PS/c27-17-13-20-26-21(14-17)29-25-19-8-4-2-6-16(19)10-12-23(25)30(26,31)22-11-9-15-5-1-3-7-18(15)24(22)28-20/h1-14H. The zero-order valence-electron chi connectivity index (χ0n) is 16.1. The lowest BCUT2D eigenvalue weighted by Crippen LogP contribution is -2.35. The van der Waals surface area contributed by atoms with E-state index in [0.717, 1.165) is 49.0 Å². The molecule has 0 amide bonds. The summed E-state index contributed by atoms with van der Waals surface area (Å²) in [6.45, 7) is 0. The fraction of sp³-hybridized carbons (Fsp3) is 0. The molecule has 0 saturated heterocycles. The largest absolute Gasteiger partial charge is 0.455 e. The fourth-order valence-corrected chi connectivity index (χ4v) is 9.44. The van der Waals surface area contributed by atoms with E-state index in [4.69, 9.17) is 32.9 Å². The highest BCUT2D eigenvalue weighted by molar-refractivity contribution is 8.26. The first-order chi connectivity index (χ1) is 15.1. The van der Waals surface area contributed by atoms with E-state index in [1.165, 1.54) is 0 Å². The number of halogens is 1. The van der Waals surface area contributed by atoms with Crippen LogP contribution in [0, 0.1) is 0 Å². The maximum atomic E-state index is 6.64. The van der Waals surface area contributed by atoms with Crippen LogP contribution in [0.3, 0.4) is 0 Å². The molecule has 2 aliphatic rings. The Hall–Kier alpha value is -2.84. The molecule has 2 heterocycles. The molecule has 0 fully saturated rings. The monoisotopic (exact) mass is 456 g/mol. The van der Waals surface area contributed by atoms with E-state index in [1.54, 1.807) is 0 Å². The van der Waals surface area contributed by atoms with Crippen molar-refractivity contribution < 1.29 is 9.47 Å². The lowest BCUT2D eigenvalue weighted by atomic mass is 10.1. The van der Waals surface area contributed by atoms with Crippen LogP contribution in [0.15, 0.2) is 84.9 Å². The fourth-order valence-electron chi connectivity index (χ4n) is 4.78. The summed E-state index contributed by atoms with van der Waals surface area (Å²) in [4.78, 5) is 0. The Kier molecular flexibility index (Phi) is 3.51. The summed E-state index contributed by atoms with van der Waals surface area (Å²) < 4.78 is 13.0. The number of fused-ring (bicyclic) bond motifs is 8. The SMILES string of the molecule is S=P12c3ccc4ccccc4c3Oc3cc(Cl)cc(c31)Oc1c2ccc2ccccc12. The summed E-state index contributed by atoms with van der Waals surface area (Å²) in [6, 6.07) is 26.4. The van der Waals surface area contributed by atoms with Gasteiger partial charge in [0.05, 0.1) is 11.3 Å². The number of rotatable bonds is 0. The van der Waals surface area contributed by atoms with Crippen molar-refractivity contribution in [1.82, 2.24) is 0 Å². The first-order valence-electron chi connectivity index (χ1n) is 9.99. The van der Waals surface area contributed by atoms with Crippen molar-refractivity contribution in [1.29, 1.82) is 0 Å². The third-order valence-electron chi connectivity index (χ3n) is 6.14. The third-order valence-corrected chi connectivity index (χ3v) is 11.2. The molecule has 0 aliphatic carbocycles. The van der Waals surface area contributed by atoms with Crippen molar-refractivity contribution in [2.45, 2.75) is 0 Å². The van der Waals surface area contributed by atoms with Crippen LogP contribution < -0.4 is 25.4 Å². The lowest BCUT2D eigenvalue weighted by molar-refractivity contribution is 0.472. The van der Waals surface area contributed by atoms with Crippen molar-refractivity contribution in [3.63, 3.8) is 0 Å². The van der Waals surface area contributed by atoms with E-state index in [0.29, 0.717) is 16.5 Å². The average molecular weight is 457 g/mol. The van der Waals surface area contributed by atoms with Crippen LogP contribution in [0.2, 0.25) is 5.02 Å². The van der Waals surface area contributed by atoms with E-state index in [1.807, 2.05) is 36.4 Å². The second kappa shape index (κ2) is 6.11. The smallest absolute Gasteiger partial charge is 0.144 e. The summed E-state index contributed by atoms with van der Waals surface area (Å²) in [5.74, 6) is 3.08. The Morgan fingerprint density at radius 2 is 1.13 bits per heavy atom. The molecule has 7 rings (SSSR count). The molecule has 0 bridgehead atoms. The van der Waals surface area contributed by atoms with Crippen LogP contribution in [0.4, 0.5) is 0 Å². The first kappa shape index (κ1) is 17.8. The lowest BCUT2D eigenvalue weighted by Gasteiger charge is -2.38. The van der Waals surface area contributed by atoms with Crippen molar-refractivity contribution in [3.8, 4) is 23.0 Å². The Bertz CT molecular complexity index is 1530. The van der Waals surface area contributed by atoms with Crippen LogP contribution in [-0.4, -0.2) is 0 Å². The number of benzene rings is 5. The minimum atomic E-state index is -2.42. The van der Waals surface area contributed by atoms with Gasteiger partial charge in [0.2, 0.25) is 0 Å². The van der Waals surface area contributed by atoms with Gasteiger partial charge in [-0.05, 0) is 22.9 Å². The molecule has 0 unspecified atom stereocenters. The van der Waals surface area contributed by atoms with Crippen LogP contribution in [0.25, 0.3) is 21.5 Å². The molecule has 0 spiro atoms. The molecule has 5 aromatic rings. The molecule has 5 aromatic carbocycles. The maximum absolute atomic E-state index is 6.64. The van der Waals surface area contributed by atoms with Crippen LogP contribution in [0.1, 0.15) is 0 Å². The first-order valence-corrected chi connectivity index (χ1v) is 13.2. The molecule has 5 heteroatoms. The van der Waals surface area contributed by atoms with Gasteiger partial charge in [0.15, 0.2) is 0 Å². The van der Waals surface area contributed by atoms with Gasteiger partial charge >= 0.3 is 0 Å². The summed E-state index contributed by atoms with van der Waals surface area (Å²) >= 11 is 13.1. The molecular weight excluding hydrogens is 443 g/mol. The minimum Gasteiger partial charge on any atom is -0.455 e. The molecule has 2 nitrogen and oxygen atoms in total. The van der Waals surface area contributed by atoms with Gasteiger partial charge < -0.3 is 9.47 Å². The van der Waals surface area contributed by atoms with Gasteiger partial charge in [-0.25, -0.2) is 0 Å². The van der Waals surface area contributed by atoms with Gasteiger partial charge in [-0.1, -0.05) is 84.1 Å². The van der Waals surface area contributed by atoms with Gasteiger partial charge in [-0.3, -0.25) is 0 Å². The van der Waals surface area contributed by atoms with Gasteiger partial charge in [0, 0.05) is 38.5 Å². The van der Waals surface area contributed by atoms with Crippen molar-refractivity contribution in [2.75, 3.05) is 0 Å². The van der Waals surface area contributed by atoms with E-state index >= 15 is 0 Å². The van der Waals surface area contributed by atoms with E-state index in [2.05, 4.69) is 48.5 Å². The molecule has 2 aliphatic heterocycles. The van der Waals surface area contributed by atoms with Crippen LogP contribution in [0.5, 0.6) is 23.0 Å². The minimum absolute atomic E-state index is 0.572. The predicted molar refractivity (Wildman–Crippen MR) is 133 cm³/mol. The van der Waals surface area contributed by atoms with E-state index in [-0.39, 0.29) is 0 Å². The quantitative estimate of drug-likeness (QED) is 0.239. The molecule has 0 N–H and O–H groups in total. The van der Waals surface area contributed by atoms with Crippen LogP contribution >= 0.6 is 17.6 Å². The summed E-state index contributed by atoms with van der Waals surface area (Å²) in [6.07, 6.45) is 0. The Morgan fingerprint density at radius 3 is 1.65 bits per heavy atom. The van der Waals surface area contributed by atoms with Crippen LogP contribution in [-0.2, 0) is 11.8 Å². The van der Waals surface area contributed by atoms with Gasteiger partial charge in [0.25, 0.3) is 0 Å². The van der Waals surface area contributed by atoms with E-state index in [9.17, 15) is 0 Å². The summed E-state index contributed by atoms with van der Waals surface area (Å²) in [7, 11) is 0. The number of hydrogen-bond donors (Lipinski definition) is 0. The second-order valence-electron chi connectivity index (χ2n) is 7.83. The zero-order chi connectivity index (χ0) is 20.7. The number of hydrogen-bond acceptors (Lipinski definition) is 3. The Balaban J connectivity index is 1.67. The summed E-state index contributed by atoms with van der Waals surface area (Å²) in [5, 5.41) is 8.03. The molecule has 31 heavy (non-hydrogen) atoms. The molecule has 0 saturated carbocycles. The molecule has 148 valence electrons. The normalized spacial score (nSPS) is 14.9. The van der Waals surface area contributed by atoms with Gasteiger partial charge in [-0.2, -0.15) is 0 Å². The topological polar surface area (TPSA) is 18.5 Å². The maximum Gasteiger partial charge on any atom is 0.144 e. The molecule has 0 radical (unpaired) electrons. The van der Waals surface area contributed by atoms with E-state index < -0.39 is 6.04 Å². The number of ether oxygens (including phenoxy) is 2. The zero-order valence-corrected chi connectivity index (χ0v) is 18.6. The highest BCUT2D eigenvalue weighted by Crippen LogP contribution is 2.60. The Morgan fingerprint density at radius 1 is 0.645 bits per heavy atom. The predicted octanol–water partition coefficient (Wildman–Crippen LogP) is 6.61. The van der Waals surface area contributed by atoms with Crippen molar-refractivity contribution in [3.05, 3.63) is 90.0 Å². The highest BCUT2D eigenvalue weighted by Gasteiger charge is 2.43. The molecule has 0 aromatic heterocycles. The summed E-state index contributed by atoms with van der Waals surface area (Å²) in [5.41, 5.74) is 0. The van der Waals surface area contributed by atoms with Gasteiger partial charge in [0.1, 0.15) is 23.0 Å². The van der Waals surface area contributed by atoms with Crippen molar-refractivity contribution in [2.24, 2.45) is 0 Å². The van der Waals surface area contributed by atoms with Gasteiger partial charge in [-0.15, -0.1) is 0 Å². The highest BCUT2D eigenvalue weighted by atomic mass is 35.5. The molecular formula is C26H14ClO2PS. The van der Waals surface area contributed by atoms with Crippen molar-refractivity contribution >= 4 is 66.9 Å². The third kappa shape index (κ3) is 2.26. The average Bonchev–Trinajstić information content (AvgIpc) is 2.78. The Labute approximate surface area is 189 Å². The molecule has 0 atom stereocenters. The second-order valence-corrected chi connectivity index (χ2v) is 12.5.